The summed E-state index contributed by atoms with van der Waals surface area (Å²) in [7, 11) is 3.23. The van der Waals surface area contributed by atoms with E-state index >= 15 is 0 Å². The molecule has 0 aromatic rings. The zero-order valence-corrected chi connectivity index (χ0v) is 11.7. The Morgan fingerprint density at radius 3 is 2.33 bits per heavy atom. The second-order valence-electron chi connectivity index (χ2n) is 5.47. The first-order valence-electron chi connectivity index (χ1n) is 6.00. The highest BCUT2D eigenvalue weighted by atomic mass is 16.6. The van der Waals surface area contributed by atoms with Crippen molar-refractivity contribution >= 4 is 12.1 Å². The quantitative estimate of drug-likeness (QED) is 0.648. The smallest absolute Gasteiger partial charge is 0.411 e. The molecule has 0 spiro atoms. The van der Waals surface area contributed by atoms with Gasteiger partial charge in [0, 0.05) is 19.6 Å². The van der Waals surface area contributed by atoms with E-state index in [9.17, 15) is 9.59 Å². The molecule has 1 heterocycles. The van der Waals surface area contributed by atoms with Crippen molar-refractivity contribution in [2.45, 2.75) is 32.4 Å². The summed E-state index contributed by atoms with van der Waals surface area (Å²) in [5.41, 5.74) is -0.568. The van der Waals surface area contributed by atoms with E-state index in [2.05, 4.69) is 0 Å². The van der Waals surface area contributed by atoms with Crippen molar-refractivity contribution in [2.24, 2.45) is 0 Å². The van der Waals surface area contributed by atoms with Crippen LogP contribution in [0.1, 0.15) is 20.8 Å². The fourth-order valence-electron chi connectivity index (χ4n) is 1.80. The van der Waals surface area contributed by atoms with Gasteiger partial charge in [-0.2, -0.15) is 0 Å². The van der Waals surface area contributed by atoms with Crippen LogP contribution in [-0.2, 0) is 14.3 Å². The minimum atomic E-state index is -0.594. The number of amides is 1. The van der Waals surface area contributed by atoms with Crippen LogP contribution in [0, 0.1) is 0 Å². The molecule has 1 amide bonds. The summed E-state index contributed by atoms with van der Waals surface area (Å²) < 4.78 is 10.0. The third-order valence-electron chi connectivity index (χ3n) is 2.68. The molecule has 1 fully saturated rings. The number of rotatable bonds is 1. The van der Waals surface area contributed by atoms with Crippen molar-refractivity contribution in [1.29, 1.82) is 0 Å². The van der Waals surface area contributed by atoms with Crippen LogP contribution in [0.3, 0.4) is 0 Å². The lowest BCUT2D eigenvalue weighted by atomic mass is 10.2. The van der Waals surface area contributed by atoms with Crippen LogP contribution in [0.2, 0.25) is 0 Å². The third-order valence-corrected chi connectivity index (χ3v) is 2.68. The van der Waals surface area contributed by atoms with Gasteiger partial charge in [-0.05, 0) is 27.8 Å². The summed E-state index contributed by atoms with van der Waals surface area (Å²) in [6.07, 6.45) is -0.467. The number of piperazine rings is 1. The third kappa shape index (κ3) is 3.87. The van der Waals surface area contributed by atoms with E-state index in [1.807, 2.05) is 11.9 Å². The van der Waals surface area contributed by atoms with Gasteiger partial charge >= 0.3 is 12.1 Å². The molecule has 1 aliphatic rings. The Labute approximate surface area is 108 Å². The number of likely N-dealkylation sites (N-methyl/N-ethyl adjacent to an activating group) is 1. The number of carbonyl (C=O) groups excluding carboxylic acids is 2. The predicted octanol–water partition coefficient (Wildman–Crippen LogP) is 0.710. The Morgan fingerprint density at radius 1 is 1.22 bits per heavy atom. The summed E-state index contributed by atoms with van der Waals surface area (Å²) in [6, 6.07) is -0.594. The number of nitrogens with zero attached hydrogens (tertiary/aromatic N) is 2. The average Bonchev–Trinajstić information content (AvgIpc) is 2.25. The number of methoxy groups -OCH3 is 1. The summed E-state index contributed by atoms with van der Waals surface area (Å²) in [4.78, 5) is 27.2. The Hall–Kier alpha value is -1.30. The van der Waals surface area contributed by atoms with Crippen LogP contribution in [0.4, 0.5) is 4.79 Å². The van der Waals surface area contributed by atoms with Gasteiger partial charge in [0.15, 0.2) is 0 Å². The van der Waals surface area contributed by atoms with Gasteiger partial charge in [-0.1, -0.05) is 0 Å². The van der Waals surface area contributed by atoms with Crippen LogP contribution < -0.4 is 0 Å². The molecule has 0 aliphatic carbocycles. The summed E-state index contributed by atoms with van der Waals surface area (Å²) in [6.45, 7) is 7.04. The van der Waals surface area contributed by atoms with E-state index in [0.717, 1.165) is 0 Å². The van der Waals surface area contributed by atoms with Gasteiger partial charge in [-0.15, -0.1) is 0 Å². The molecule has 0 saturated carbocycles. The Morgan fingerprint density at radius 2 is 1.83 bits per heavy atom. The molecule has 1 atom stereocenters. The van der Waals surface area contributed by atoms with Crippen molar-refractivity contribution in [3.05, 3.63) is 0 Å². The van der Waals surface area contributed by atoms with E-state index in [-0.39, 0.29) is 0 Å². The minimum absolute atomic E-state index is 0.410. The van der Waals surface area contributed by atoms with Crippen molar-refractivity contribution in [3.63, 3.8) is 0 Å². The standard InChI is InChI=1S/C12H22N2O4/c1-12(2,3)18-11(16)14-7-6-13(4)8-9(14)10(15)17-5/h9H,6-8H2,1-5H3/t9-/m0/s1. The number of ether oxygens (including phenoxy) is 2. The molecule has 104 valence electrons. The Kier molecular flexibility index (Phi) is 4.56. The van der Waals surface area contributed by atoms with Crippen LogP contribution in [-0.4, -0.2) is 67.3 Å². The number of hydrogen-bond donors (Lipinski definition) is 0. The number of esters is 1. The largest absolute Gasteiger partial charge is 0.467 e. The molecular formula is C12H22N2O4. The molecule has 1 saturated heterocycles. The van der Waals surface area contributed by atoms with Crippen molar-refractivity contribution in [1.82, 2.24) is 9.80 Å². The van der Waals surface area contributed by atoms with Gasteiger partial charge in [-0.25, -0.2) is 9.59 Å². The van der Waals surface area contributed by atoms with Gasteiger partial charge in [0.25, 0.3) is 0 Å². The zero-order valence-electron chi connectivity index (χ0n) is 11.7. The van der Waals surface area contributed by atoms with E-state index in [1.165, 1.54) is 12.0 Å². The maximum Gasteiger partial charge on any atom is 0.411 e. The predicted molar refractivity (Wildman–Crippen MR) is 66.2 cm³/mol. The van der Waals surface area contributed by atoms with Gasteiger partial charge in [0.1, 0.15) is 11.6 Å². The second kappa shape index (κ2) is 5.56. The van der Waals surface area contributed by atoms with Crippen LogP contribution in [0.25, 0.3) is 0 Å². The second-order valence-corrected chi connectivity index (χ2v) is 5.47. The first-order valence-corrected chi connectivity index (χ1v) is 6.00. The summed E-state index contributed by atoms with van der Waals surface area (Å²) >= 11 is 0. The highest BCUT2D eigenvalue weighted by molar-refractivity contribution is 5.82. The van der Waals surface area contributed by atoms with E-state index in [1.54, 1.807) is 20.8 Å². The topological polar surface area (TPSA) is 59.1 Å². The van der Waals surface area contributed by atoms with Crippen LogP contribution in [0.5, 0.6) is 0 Å². The molecule has 0 radical (unpaired) electrons. The molecule has 18 heavy (non-hydrogen) atoms. The lowest BCUT2D eigenvalue weighted by Crippen LogP contribution is -2.58. The van der Waals surface area contributed by atoms with Gasteiger partial charge < -0.3 is 14.4 Å². The SMILES string of the molecule is COC(=O)[C@@H]1CN(C)CCN1C(=O)OC(C)(C)C. The molecule has 0 unspecified atom stereocenters. The van der Waals surface area contributed by atoms with Gasteiger partial charge in [0.2, 0.25) is 0 Å². The number of hydrogen-bond acceptors (Lipinski definition) is 5. The van der Waals surface area contributed by atoms with E-state index in [4.69, 9.17) is 9.47 Å². The summed E-state index contributed by atoms with van der Waals surface area (Å²) in [5, 5.41) is 0. The molecule has 0 aromatic heterocycles. The van der Waals surface area contributed by atoms with Crippen molar-refractivity contribution < 1.29 is 19.1 Å². The molecular weight excluding hydrogens is 236 g/mol. The highest BCUT2D eigenvalue weighted by Gasteiger charge is 2.37. The van der Waals surface area contributed by atoms with Crippen LogP contribution >= 0.6 is 0 Å². The fourth-order valence-corrected chi connectivity index (χ4v) is 1.80. The minimum Gasteiger partial charge on any atom is -0.467 e. The maximum atomic E-state index is 12.0. The fraction of sp³-hybridized carbons (Fsp3) is 0.833. The van der Waals surface area contributed by atoms with Crippen molar-refractivity contribution in [3.8, 4) is 0 Å². The molecule has 0 bridgehead atoms. The molecule has 1 rings (SSSR count). The maximum absolute atomic E-state index is 12.0. The first kappa shape index (κ1) is 14.8. The Balaban J connectivity index is 2.77. The van der Waals surface area contributed by atoms with Gasteiger partial charge in [0.05, 0.1) is 7.11 Å². The summed E-state index contributed by atoms with van der Waals surface area (Å²) in [5.74, 6) is -0.410. The lowest BCUT2D eigenvalue weighted by Gasteiger charge is -2.38. The van der Waals surface area contributed by atoms with E-state index < -0.39 is 23.7 Å². The zero-order chi connectivity index (χ0) is 13.9. The van der Waals surface area contributed by atoms with E-state index in [0.29, 0.717) is 19.6 Å². The lowest BCUT2D eigenvalue weighted by molar-refractivity contribution is -0.149. The number of carbonyl (C=O) groups is 2. The average molecular weight is 258 g/mol. The molecule has 0 N–H and O–H groups in total. The molecule has 6 nitrogen and oxygen atoms in total. The molecule has 1 aliphatic heterocycles. The Bertz CT molecular complexity index is 325. The van der Waals surface area contributed by atoms with Gasteiger partial charge in [-0.3, -0.25) is 4.90 Å². The highest BCUT2D eigenvalue weighted by Crippen LogP contribution is 2.16. The first-order chi connectivity index (χ1) is 8.24. The van der Waals surface area contributed by atoms with Crippen LogP contribution in [0.15, 0.2) is 0 Å². The monoisotopic (exact) mass is 258 g/mol. The van der Waals surface area contributed by atoms with Crippen molar-refractivity contribution in [2.75, 3.05) is 33.8 Å². The normalized spacial score (nSPS) is 21.6. The molecule has 0 aromatic carbocycles. The molecule has 6 heteroatoms.